The van der Waals surface area contributed by atoms with Crippen LogP contribution in [0, 0.1) is 0 Å². The fraction of sp³-hybridized carbons (Fsp3) is 0.500. The quantitative estimate of drug-likeness (QED) is 0.347. The lowest BCUT2D eigenvalue weighted by atomic mass is 10.0. The first kappa shape index (κ1) is 23.1. The first-order chi connectivity index (χ1) is 11.1. The van der Waals surface area contributed by atoms with Gasteiger partial charge in [0.1, 0.15) is 9.79 Å². The van der Waals surface area contributed by atoms with Crippen LogP contribution in [0.5, 0.6) is 0 Å². The number of hydrogen-bond donors (Lipinski definition) is 0. The maximum absolute atomic E-state index is 13.3. The summed E-state index contributed by atoms with van der Waals surface area (Å²) in [4.78, 5) is -7.51. The standard InChI is InChI=1S/C12H14F12S2/c13-7-1-3-9-5-6-10(4-2-8-14)12(26(20,21,22,23)24)11(9)25(15,16,17,18)19/h5-6H,1-4,7-8H2. The minimum atomic E-state index is -11.3. The lowest BCUT2D eigenvalue weighted by Gasteiger charge is -2.49. The van der Waals surface area contributed by atoms with E-state index in [-0.39, 0.29) is 12.1 Å². The third-order valence-corrected chi connectivity index (χ3v) is 5.81. The van der Waals surface area contributed by atoms with Crippen LogP contribution in [0.1, 0.15) is 24.0 Å². The van der Waals surface area contributed by atoms with Crippen molar-refractivity contribution in [1.82, 2.24) is 0 Å². The van der Waals surface area contributed by atoms with Gasteiger partial charge in [0, 0.05) is 0 Å². The molecular formula is C12H14F12S2. The van der Waals surface area contributed by atoms with Crippen LogP contribution in [0.4, 0.5) is 47.6 Å². The number of halogens is 12. The van der Waals surface area contributed by atoms with Crippen LogP contribution in [0.2, 0.25) is 0 Å². The molecule has 0 saturated heterocycles. The Kier molecular flexibility index (Phi) is 4.74. The molecule has 0 unspecified atom stereocenters. The molecule has 26 heavy (non-hydrogen) atoms. The topological polar surface area (TPSA) is 0 Å². The van der Waals surface area contributed by atoms with Gasteiger partial charge < -0.3 is 0 Å². The van der Waals surface area contributed by atoms with E-state index in [0.717, 1.165) is 0 Å². The SMILES string of the molecule is FCCCc1ccc(CCCF)c(S(F)(F)(F)(F)F)c1S(F)(F)(F)(F)F. The molecule has 0 atom stereocenters. The second-order valence-corrected chi connectivity index (χ2v) is 10.3. The Morgan fingerprint density at radius 2 is 0.808 bits per heavy atom. The number of hydrogen-bond acceptors (Lipinski definition) is 0. The van der Waals surface area contributed by atoms with E-state index in [1.54, 1.807) is 0 Å². The Balaban J connectivity index is 4.10. The summed E-state index contributed by atoms with van der Waals surface area (Å²) in [5, 5.41) is 0. The van der Waals surface area contributed by atoms with Gasteiger partial charge in [-0.2, -0.15) is 0 Å². The predicted molar refractivity (Wildman–Crippen MR) is 77.8 cm³/mol. The van der Waals surface area contributed by atoms with Crippen molar-refractivity contribution in [2.24, 2.45) is 0 Å². The van der Waals surface area contributed by atoms with Crippen molar-refractivity contribution >= 4 is 20.4 Å². The van der Waals surface area contributed by atoms with Crippen LogP contribution in [0.15, 0.2) is 21.9 Å². The zero-order valence-corrected chi connectivity index (χ0v) is 14.4. The van der Waals surface area contributed by atoms with Gasteiger partial charge in [0.05, 0.1) is 13.3 Å². The van der Waals surface area contributed by atoms with Crippen molar-refractivity contribution in [2.45, 2.75) is 35.5 Å². The van der Waals surface area contributed by atoms with Gasteiger partial charge in [0.15, 0.2) is 0 Å². The molecule has 1 rings (SSSR count). The number of aryl methyl sites for hydroxylation is 2. The average Bonchev–Trinajstić information content (AvgIpc) is 2.37. The van der Waals surface area contributed by atoms with Gasteiger partial charge in [-0.05, 0) is 36.8 Å². The Morgan fingerprint density at radius 1 is 0.538 bits per heavy atom. The monoisotopic (exact) mass is 450 g/mol. The van der Waals surface area contributed by atoms with E-state index < -0.39 is 80.4 Å². The highest BCUT2D eigenvalue weighted by Gasteiger charge is 2.76. The number of benzene rings is 1. The van der Waals surface area contributed by atoms with E-state index in [4.69, 9.17) is 0 Å². The largest absolute Gasteiger partial charge is 0.312 e. The minimum absolute atomic E-state index is 0.170. The Labute approximate surface area is 141 Å². The third kappa shape index (κ3) is 5.79. The molecule has 1 aromatic carbocycles. The van der Waals surface area contributed by atoms with Gasteiger partial charge in [-0.25, -0.2) is 0 Å². The average molecular weight is 450 g/mol. The number of alkyl halides is 2. The van der Waals surface area contributed by atoms with E-state index in [9.17, 15) is 47.6 Å². The van der Waals surface area contributed by atoms with Crippen molar-refractivity contribution in [2.75, 3.05) is 13.3 Å². The molecule has 0 spiro atoms. The minimum Gasteiger partial charge on any atom is -0.251 e. The second kappa shape index (κ2) is 5.32. The fourth-order valence-electron chi connectivity index (χ4n) is 2.40. The fourth-order valence-corrected chi connectivity index (χ4v) is 5.64. The highest BCUT2D eigenvalue weighted by molar-refractivity contribution is 8.48. The van der Waals surface area contributed by atoms with Crippen LogP contribution in [0.3, 0.4) is 0 Å². The molecule has 0 fully saturated rings. The molecule has 0 saturated carbocycles. The first-order valence-electron chi connectivity index (χ1n) is 6.85. The van der Waals surface area contributed by atoms with E-state index in [2.05, 4.69) is 0 Å². The Hall–Kier alpha value is -0.920. The Bertz CT molecular complexity index is 626. The van der Waals surface area contributed by atoms with Crippen LogP contribution in [-0.2, 0) is 12.8 Å². The lowest BCUT2D eigenvalue weighted by Crippen LogP contribution is -2.20. The molecule has 158 valence electrons. The summed E-state index contributed by atoms with van der Waals surface area (Å²) in [7, 11) is -22.5. The van der Waals surface area contributed by atoms with E-state index in [1.807, 2.05) is 0 Å². The molecule has 0 amide bonds. The molecule has 1 aromatic rings. The highest BCUT2D eigenvalue weighted by Crippen LogP contribution is 3.10. The van der Waals surface area contributed by atoms with Gasteiger partial charge in [-0.1, -0.05) is 51.0 Å². The van der Waals surface area contributed by atoms with Crippen molar-refractivity contribution in [3.8, 4) is 0 Å². The first-order valence-corrected chi connectivity index (χ1v) is 10.8. The molecule has 14 heteroatoms. The van der Waals surface area contributed by atoms with Gasteiger partial charge in [-0.3, -0.25) is 8.78 Å². The molecule has 0 aliphatic heterocycles. The molecule has 0 aromatic heterocycles. The summed E-state index contributed by atoms with van der Waals surface area (Å²) in [6.45, 7) is -2.73. The molecular weight excluding hydrogens is 436 g/mol. The van der Waals surface area contributed by atoms with Gasteiger partial charge in [0.2, 0.25) is 0 Å². The zero-order valence-electron chi connectivity index (χ0n) is 12.7. The molecule has 0 N–H and O–H groups in total. The van der Waals surface area contributed by atoms with Gasteiger partial charge >= 0.3 is 20.4 Å². The van der Waals surface area contributed by atoms with Crippen LogP contribution >= 0.6 is 20.4 Å². The van der Waals surface area contributed by atoms with Crippen LogP contribution in [-0.4, -0.2) is 13.3 Å². The van der Waals surface area contributed by atoms with E-state index in [0.29, 0.717) is 0 Å². The highest BCUT2D eigenvalue weighted by atomic mass is 32.5. The summed E-state index contributed by atoms with van der Waals surface area (Å²) in [5.41, 5.74) is -3.57. The smallest absolute Gasteiger partial charge is 0.251 e. The predicted octanol–water partition coefficient (Wildman–Crippen LogP) is 8.81. The lowest BCUT2D eigenvalue weighted by molar-refractivity contribution is 0.332. The van der Waals surface area contributed by atoms with Crippen LogP contribution in [0.25, 0.3) is 0 Å². The third-order valence-electron chi connectivity index (χ3n) is 3.21. The van der Waals surface area contributed by atoms with E-state index >= 15 is 0 Å². The van der Waals surface area contributed by atoms with Crippen molar-refractivity contribution in [3.63, 3.8) is 0 Å². The van der Waals surface area contributed by atoms with Crippen molar-refractivity contribution in [3.05, 3.63) is 23.3 Å². The second-order valence-electron chi connectivity index (χ2n) is 5.57. The molecule has 0 bridgehead atoms. The number of rotatable bonds is 8. The molecule has 0 aliphatic rings. The summed E-state index contributed by atoms with van der Waals surface area (Å²) in [6, 6.07) is 0.340. The zero-order chi connectivity index (χ0) is 20.8. The molecule has 0 radical (unpaired) electrons. The Morgan fingerprint density at radius 3 is 1.00 bits per heavy atom. The van der Waals surface area contributed by atoms with E-state index in [1.165, 1.54) is 0 Å². The van der Waals surface area contributed by atoms with Crippen LogP contribution < -0.4 is 0 Å². The summed E-state index contributed by atoms with van der Waals surface area (Å²) in [6.07, 6.45) is -4.29. The van der Waals surface area contributed by atoms with Crippen molar-refractivity contribution in [1.29, 1.82) is 0 Å². The summed E-state index contributed by atoms with van der Waals surface area (Å²) < 4.78 is 157. The summed E-state index contributed by atoms with van der Waals surface area (Å²) in [5.74, 6) is 0. The molecule has 0 aliphatic carbocycles. The van der Waals surface area contributed by atoms with Gasteiger partial charge in [-0.15, -0.1) is 0 Å². The maximum Gasteiger partial charge on any atom is 0.312 e. The summed E-state index contributed by atoms with van der Waals surface area (Å²) >= 11 is 0. The molecule has 0 heterocycles. The maximum atomic E-state index is 13.3. The van der Waals surface area contributed by atoms with Crippen molar-refractivity contribution < 1.29 is 47.6 Å². The normalized spacial score (nSPS) is 18.6. The van der Waals surface area contributed by atoms with Gasteiger partial charge in [0.25, 0.3) is 0 Å². The molecule has 0 nitrogen and oxygen atoms in total.